The SMILES string of the molecule is CC(=O)N1CCCCCC2N[C@H](Cc3ccccc3)CC21. The lowest BCUT2D eigenvalue weighted by Gasteiger charge is -2.34. The standard InChI is InChI=1S/C18H26N2O/c1-14(21)20-11-7-3-6-10-17-18(20)13-16(19-17)12-15-8-4-2-5-9-15/h2,4-5,8-9,16-19H,3,6-7,10-13H2,1H3/t16-,17?,18?/m1/s1. The van der Waals surface area contributed by atoms with Crippen molar-refractivity contribution in [2.24, 2.45) is 0 Å². The highest BCUT2D eigenvalue weighted by Crippen LogP contribution is 2.27. The van der Waals surface area contributed by atoms with Crippen LogP contribution in [0.4, 0.5) is 0 Å². The van der Waals surface area contributed by atoms with E-state index in [1.807, 2.05) is 0 Å². The summed E-state index contributed by atoms with van der Waals surface area (Å²) in [7, 11) is 0. The third kappa shape index (κ3) is 3.46. The summed E-state index contributed by atoms with van der Waals surface area (Å²) in [6.07, 6.45) is 7.07. The third-order valence-electron chi connectivity index (χ3n) is 4.98. The highest BCUT2D eigenvalue weighted by molar-refractivity contribution is 5.73. The van der Waals surface area contributed by atoms with Crippen molar-refractivity contribution in [3.05, 3.63) is 35.9 Å². The first-order chi connectivity index (χ1) is 10.2. The zero-order valence-electron chi connectivity index (χ0n) is 12.9. The van der Waals surface area contributed by atoms with Gasteiger partial charge in [0.05, 0.1) is 0 Å². The van der Waals surface area contributed by atoms with E-state index in [4.69, 9.17) is 0 Å². The Morgan fingerprint density at radius 2 is 2.05 bits per heavy atom. The van der Waals surface area contributed by atoms with Gasteiger partial charge in [0, 0.05) is 31.6 Å². The van der Waals surface area contributed by atoms with Crippen LogP contribution in [0.2, 0.25) is 0 Å². The molecule has 2 unspecified atom stereocenters. The molecule has 2 fully saturated rings. The van der Waals surface area contributed by atoms with Crippen LogP contribution in [0, 0.1) is 0 Å². The summed E-state index contributed by atoms with van der Waals surface area (Å²) in [5.41, 5.74) is 1.39. The summed E-state index contributed by atoms with van der Waals surface area (Å²) in [6, 6.07) is 12.1. The Morgan fingerprint density at radius 3 is 2.81 bits per heavy atom. The molecule has 21 heavy (non-hydrogen) atoms. The van der Waals surface area contributed by atoms with Gasteiger partial charge in [0.1, 0.15) is 0 Å². The average Bonchev–Trinajstić information content (AvgIpc) is 2.82. The fourth-order valence-corrected chi connectivity index (χ4v) is 3.98. The number of amides is 1. The van der Waals surface area contributed by atoms with E-state index in [0.717, 1.165) is 25.8 Å². The molecule has 3 nitrogen and oxygen atoms in total. The largest absolute Gasteiger partial charge is 0.338 e. The van der Waals surface area contributed by atoms with Gasteiger partial charge in [-0.1, -0.05) is 43.2 Å². The smallest absolute Gasteiger partial charge is 0.219 e. The van der Waals surface area contributed by atoms with E-state index in [-0.39, 0.29) is 5.91 Å². The summed E-state index contributed by atoms with van der Waals surface area (Å²) < 4.78 is 0. The number of benzene rings is 1. The van der Waals surface area contributed by atoms with Gasteiger partial charge in [0.15, 0.2) is 0 Å². The van der Waals surface area contributed by atoms with Gasteiger partial charge in [0.2, 0.25) is 5.91 Å². The molecule has 2 aliphatic heterocycles. The maximum atomic E-state index is 12.0. The van der Waals surface area contributed by atoms with Crippen molar-refractivity contribution in [2.45, 2.75) is 63.6 Å². The monoisotopic (exact) mass is 286 g/mol. The van der Waals surface area contributed by atoms with Crippen LogP contribution in [0.15, 0.2) is 30.3 Å². The molecule has 0 aliphatic carbocycles. The Hall–Kier alpha value is -1.35. The Balaban J connectivity index is 1.69. The van der Waals surface area contributed by atoms with Crippen molar-refractivity contribution >= 4 is 5.91 Å². The minimum absolute atomic E-state index is 0.245. The van der Waals surface area contributed by atoms with Crippen molar-refractivity contribution in [2.75, 3.05) is 6.54 Å². The van der Waals surface area contributed by atoms with Crippen molar-refractivity contribution < 1.29 is 4.79 Å². The topological polar surface area (TPSA) is 32.3 Å². The van der Waals surface area contributed by atoms with Crippen LogP contribution in [-0.2, 0) is 11.2 Å². The Labute approximate surface area is 127 Å². The number of nitrogens with one attached hydrogen (secondary N) is 1. The molecule has 0 aromatic heterocycles. The summed E-state index contributed by atoms with van der Waals surface area (Å²) in [4.78, 5) is 14.1. The molecular formula is C18H26N2O. The Morgan fingerprint density at radius 1 is 1.24 bits per heavy atom. The second-order valence-corrected chi connectivity index (χ2v) is 6.52. The highest BCUT2D eigenvalue weighted by atomic mass is 16.2. The minimum atomic E-state index is 0.245. The van der Waals surface area contributed by atoms with Gasteiger partial charge in [-0.15, -0.1) is 0 Å². The van der Waals surface area contributed by atoms with Gasteiger partial charge >= 0.3 is 0 Å². The number of nitrogens with zero attached hydrogens (tertiary/aromatic N) is 1. The molecule has 2 aliphatic rings. The normalized spacial score (nSPS) is 29.6. The van der Waals surface area contributed by atoms with Gasteiger partial charge < -0.3 is 10.2 Å². The quantitative estimate of drug-likeness (QED) is 0.906. The van der Waals surface area contributed by atoms with Crippen LogP contribution in [0.1, 0.15) is 44.6 Å². The minimum Gasteiger partial charge on any atom is -0.338 e. The van der Waals surface area contributed by atoms with Crippen LogP contribution in [0.5, 0.6) is 0 Å². The lowest BCUT2D eigenvalue weighted by Crippen LogP contribution is -2.47. The molecule has 1 aromatic carbocycles. The van der Waals surface area contributed by atoms with Crippen molar-refractivity contribution in [3.63, 3.8) is 0 Å². The first-order valence-electron chi connectivity index (χ1n) is 8.31. The van der Waals surface area contributed by atoms with Crippen LogP contribution in [0.25, 0.3) is 0 Å². The zero-order valence-corrected chi connectivity index (χ0v) is 12.9. The van der Waals surface area contributed by atoms with Gasteiger partial charge in [-0.05, 0) is 31.2 Å². The molecule has 0 saturated carbocycles. The van der Waals surface area contributed by atoms with Crippen LogP contribution >= 0.6 is 0 Å². The number of hydrogen-bond donors (Lipinski definition) is 1. The summed E-state index contributed by atoms with van der Waals surface area (Å²) >= 11 is 0. The van der Waals surface area contributed by atoms with E-state index in [9.17, 15) is 4.79 Å². The number of carbonyl (C=O) groups excluding carboxylic acids is 1. The molecule has 2 saturated heterocycles. The van der Waals surface area contributed by atoms with Crippen LogP contribution in [0.3, 0.4) is 0 Å². The second-order valence-electron chi connectivity index (χ2n) is 6.52. The molecule has 3 atom stereocenters. The third-order valence-corrected chi connectivity index (χ3v) is 4.98. The van der Waals surface area contributed by atoms with Crippen molar-refractivity contribution in [1.82, 2.24) is 10.2 Å². The molecule has 1 amide bonds. The van der Waals surface area contributed by atoms with E-state index >= 15 is 0 Å². The number of fused-ring (bicyclic) bond motifs is 1. The molecule has 2 heterocycles. The average molecular weight is 286 g/mol. The first-order valence-corrected chi connectivity index (χ1v) is 8.31. The van der Waals surface area contributed by atoms with Crippen molar-refractivity contribution in [3.8, 4) is 0 Å². The molecule has 114 valence electrons. The zero-order chi connectivity index (χ0) is 14.7. The maximum absolute atomic E-state index is 12.0. The molecule has 0 bridgehead atoms. The molecule has 0 spiro atoms. The Bertz CT molecular complexity index is 473. The van der Waals surface area contributed by atoms with Gasteiger partial charge in [-0.3, -0.25) is 4.79 Å². The summed E-state index contributed by atoms with van der Waals surface area (Å²) in [5.74, 6) is 0.245. The Kier molecular flexibility index (Phi) is 4.59. The van der Waals surface area contributed by atoms with E-state index in [1.165, 1.54) is 24.8 Å². The van der Waals surface area contributed by atoms with Crippen LogP contribution in [-0.4, -0.2) is 35.5 Å². The first kappa shape index (κ1) is 14.6. The molecule has 0 radical (unpaired) electrons. The van der Waals surface area contributed by atoms with Gasteiger partial charge in [-0.25, -0.2) is 0 Å². The fourth-order valence-electron chi connectivity index (χ4n) is 3.98. The molecule has 1 N–H and O–H groups in total. The van der Waals surface area contributed by atoms with E-state index < -0.39 is 0 Å². The van der Waals surface area contributed by atoms with Gasteiger partial charge in [0.25, 0.3) is 0 Å². The van der Waals surface area contributed by atoms with E-state index in [1.54, 1.807) is 6.92 Å². The fraction of sp³-hybridized carbons (Fsp3) is 0.611. The second kappa shape index (κ2) is 6.61. The number of carbonyl (C=O) groups is 1. The maximum Gasteiger partial charge on any atom is 0.219 e. The van der Waals surface area contributed by atoms with E-state index in [2.05, 4.69) is 40.5 Å². The summed E-state index contributed by atoms with van der Waals surface area (Å²) in [6.45, 7) is 2.67. The lowest BCUT2D eigenvalue weighted by atomic mass is 9.96. The number of rotatable bonds is 2. The van der Waals surface area contributed by atoms with Gasteiger partial charge in [-0.2, -0.15) is 0 Å². The number of hydrogen-bond acceptors (Lipinski definition) is 2. The summed E-state index contributed by atoms with van der Waals surface area (Å²) in [5, 5.41) is 3.80. The predicted octanol–water partition coefficient (Wildman–Crippen LogP) is 2.75. The lowest BCUT2D eigenvalue weighted by molar-refractivity contribution is -0.131. The molecular weight excluding hydrogens is 260 g/mol. The molecule has 3 heteroatoms. The molecule has 3 rings (SSSR count). The molecule has 1 aromatic rings. The predicted molar refractivity (Wildman–Crippen MR) is 85.1 cm³/mol. The van der Waals surface area contributed by atoms with E-state index in [0.29, 0.717) is 18.1 Å². The number of likely N-dealkylation sites (tertiary alicyclic amines) is 1. The van der Waals surface area contributed by atoms with Crippen LogP contribution < -0.4 is 5.32 Å². The van der Waals surface area contributed by atoms with Crippen molar-refractivity contribution in [1.29, 1.82) is 0 Å². The highest BCUT2D eigenvalue weighted by Gasteiger charge is 2.38.